The molecule has 2 N–H and O–H groups in total. The van der Waals surface area contributed by atoms with Crippen molar-refractivity contribution in [1.29, 1.82) is 0 Å². The fourth-order valence-corrected chi connectivity index (χ4v) is 2.54. The molecule has 0 aliphatic rings. The van der Waals surface area contributed by atoms with Crippen LogP contribution >= 0.6 is 0 Å². The summed E-state index contributed by atoms with van der Waals surface area (Å²) in [6.45, 7) is 8.42. The average Bonchev–Trinajstić information content (AvgIpc) is 2.58. The van der Waals surface area contributed by atoms with E-state index in [1.54, 1.807) is 6.20 Å². The van der Waals surface area contributed by atoms with Crippen LogP contribution in [-0.4, -0.2) is 10.9 Å². The molecular formula is C20H27N3O. The topological polar surface area (TPSA) is 54.0 Å². The van der Waals surface area contributed by atoms with Gasteiger partial charge in [0.15, 0.2) is 0 Å². The van der Waals surface area contributed by atoms with Gasteiger partial charge in [0.05, 0.1) is 11.9 Å². The zero-order valence-electron chi connectivity index (χ0n) is 15.0. The summed E-state index contributed by atoms with van der Waals surface area (Å²) in [4.78, 5) is 16.5. The summed E-state index contributed by atoms with van der Waals surface area (Å²) in [7, 11) is 0. The smallest absolute Gasteiger partial charge is 0.227 e. The van der Waals surface area contributed by atoms with Gasteiger partial charge in [0, 0.05) is 11.6 Å². The van der Waals surface area contributed by atoms with Gasteiger partial charge in [-0.25, -0.2) is 4.98 Å². The number of carbonyl (C=O) groups is 1. The predicted octanol–water partition coefficient (Wildman–Crippen LogP) is 5.32. The Labute approximate surface area is 144 Å². The zero-order valence-corrected chi connectivity index (χ0v) is 15.0. The van der Waals surface area contributed by atoms with Crippen LogP contribution in [-0.2, 0) is 4.79 Å². The van der Waals surface area contributed by atoms with Crippen LogP contribution in [0.3, 0.4) is 0 Å². The fraction of sp³-hybridized carbons (Fsp3) is 0.400. The van der Waals surface area contributed by atoms with E-state index in [0.717, 1.165) is 30.0 Å². The molecule has 1 amide bonds. The number of hydrogen-bond acceptors (Lipinski definition) is 3. The van der Waals surface area contributed by atoms with Gasteiger partial charge in [-0.3, -0.25) is 4.79 Å². The normalized spacial score (nSPS) is 10.9. The highest BCUT2D eigenvalue weighted by molar-refractivity contribution is 5.92. The molecular weight excluding hydrogens is 298 g/mol. The highest BCUT2D eigenvalue weighted by atomic mass is 16.1. The first-order valence-electron chi connectivity index (χ1n) is 8.67. The lowest BCUT2D eigenvalue weighted by Gasteiger charge is -2.13. The molecule has 0 radical (unpaired) electrons. The Hall–Kier alpha value is -2.36. The maximum absolute atomic E-state index is 12.1. The summed E-state index contributed by atoms with van der Waals surface area (Å²) in [5.41, 5.74) is 3.04. The van der Waals surface area contributed by atoms with Gasteiger partial charge in [-0.1, -0.05) is 39.8 Å². The molecule has 0 atom stereocenters. The minimum atomic E-state index is 0.0577. The number of amides is 1. The first-order chi connectivity index (χ1) is 11.5. The fourth-order valence-electron chi connectivity index (χ4n) is 2.54. The first-order valence-corrected chi connectivity index (χ1v) is 8.67. The molecule has 0 bridgehead atoms. The Morgan fingerprint density at radius 3 is 2.12 bits per heavy atom. The molecule has 4 nitrogen and oxygen atoms in total. The lowest BCUT2D eigenvalue weighted by molar-refractivity contribution is -0.120. The van der Waals surface area contributed by atoms with Crippen molar-refractivity contribution in [3.8, 4) is 0 Å². The second kappa shape index (κ2) is 8.48. The highest BCUT2D eigenvalue weighted by Crippen LogP contribution is 2.20. The number of nitrogens with zero attached hydrogens (tertiary/aromatic N) is 1. The SMILES string of the molecule is CCC(CC)C(=O)Nc1ccc(Nc2ccc(C(C)C)cc2)nc1. The molecule has 1 aromatic carbocycles. The third-order valence-electron chi connectivity index (χ3n) is 4.24. The van der Waals surface area contributed by atoms with Gasteiger partial charge in [-0.15, -0.1) is 0 Å². The Morgan fingerprint density at radius 1 is 1.00 bits per heavy atom. The molecule has 0 spiro atoms. The van der Waals surface area contributed by atoms with Crippen LogP contribution in [0, 0.1) is 5.92 Å². The summed E-state index contributed by atoms with van der Waals surface area (Å²) in [5.74, 6) is 1.40. The molecule has 0 aliphatic carbocycles. The summed E-state index contributed by atoms with van der Waals surface area (Å²) >= 11 is 0. The Bertz CT molecular complexity index is 644. The quantitative estimate of drug-likeness (QED) is 0.724. The van der Waals surface area contributed by atoms with Gasteiger partial charge < -0.3 is 10.6 Å². The molecule has 0 fully saturated rings. The van der Waals surface area contributed by atoms with Crippen molar-refractivity contribution < 1.29 is 4.79 Å². The Kier molecular flexibility index (Phi) is 6.36. The van der Waals surface area contributed by atoms with Gasteiger partial charge in [0.25, 0.3) is 0 Å². The maximum Gasteiger partial charge on any atom is 0.227 e. The summed E-state index contributed by atoms with van der Waals surface area (Å²) in [6, 6.07) is 12.1. The van der Waals surface area contributed by atoms with E-state index in [4.69, 9.17) is 0 Å². The van der Waals surface area contributed by atoms with Crippen LogP contribution in [0.5, 0.6) is 0 Å². The van der Waals surface area contributed by atoms with E-state index in [1.807, 2.05) is 26.0 Å². The van der Waals surface area contributed by atoms with Gasteiger partial charge in [0.1, 0.15) is 5.82 Å². The summed E-state index contributed by atoms with van der Waals surface area (Å²) < 4.78 is 0. The second-order valence-corrected chi connectivity index (χ2v) is 6.34. The van der Waals surface area contributed by atoms with Crippen LogP contribution in [0.15, 0.2) is 42.6 Å². The average molecular weight is 325 g/mol. The molecule has 128 valence electrons. The molecule has 1 aromatic heterocycles. The van der Waals surface area contributed by atoms with E-state index in [1.165, 1.54) is 5.56 Å². The van der Waals surface area contributed by atoms with Crippen molar-refractivity contribution in [2.45, 2.75) is 46.5 Å². The largest absolute Gasteiger partial charge is 0.340 e. The van der Waals surface area contributed by atoms with Crippen LogP contribution in [0.2, 0.25) is 0 Å². The summed E-state index contributed by atoms with van der Waals surface area (Å²) in [5, 5.41) is 6.20. The molecule has 0 unspecified atom stereocenters. The maximum atomic E-state index is 12.1. The van der Waals surface area contributed by atoms with E-state index >= 15 is 0 Å². The number of benzene rings is 1. The van der Waals surface area contributed by atoms with Gasteiger partial charge >= 0.3 is 0 Å². The third-order valence-corrected chi connectivity index (χ3v) is 4.24. The van der Waals surface area contributed by atoms with Gasteiger partial charge in [-0.05, 0) is 48.6 Å². The third kappa shape index (κ3) is 4.82. The molecule has 4 heteroatoms. The minimum absolute atomic E-state index is 0.0577. The second-order valence-electron chi connectivity index (χ2n) is 6.34. The van der Waals surface area contributed by atoms with Gasteiger partial charge in [0.2, 0.25) is 5.91 Å². The Morgan fingerprint density at radius 2 is 1.62 bits per heavy atom. The van der Waals surface area contributed by atoms with Crippen molar-refractivity contribution >= 4 is 23.1 Å². The van der Waals surface area contributed by atoms with Crippen molar-refractivity contribution in [2.75, 3.05) is 10.6 Å². The number of carbonyl (C=O) groups excluding carboxylic acids is 1. The number of nitrogens with one attached hydrogen (secondary N) is 2. The van der Waals surface area contributed by atoms with Crippen LogP contribution < -0.4 is 10.6 Å². The molecule has 24 heavy (non-hydrogen) atoms. The van der Waals surface area contributed by atoms with Crippen molar-refractivity contribution in [3.05, 3.63) is 48.2 Å². The number of pyridine rings is 1. The zero-order chi connectivity index (χ0) is 17.5. The number of aromatic nitrogens is 1. The lowest BCUT2D eigenvalue weighted by Crippen LogP contribution is -2.21. The van der Waals surface area contributed by atoms with Crippen molar-refractivity contribution in [1.82, 2.24) is 4.98 Å². The monoisotopic (exact) mass is 325 g/mol. The van der Waals surface area contributed by atoms with E-state index < -0.39 is 0 Å². The van der Waals surface area contributed by atoms with Crippen LogP contribution in [0.25, 0.3) is 0 Å². The van der Waals surface area contributed by atoms with E-state index in [-0.39, 0.29) is 11.8 Å². The van der Waals surface area contributed by atoms with Crippen molar-refractivity contribution in [3.63, 3.8) is 0 Å². The molecule has 0 aliphatic heterocycles. The summed E-state index contributed by atoms with van der Waals surface area (Å²) in [6.07, 6.45) is 3.38. The molecule has 0 saturated carbocycles. The number of hydrogen-bond donors (Lipinski definition) is 2. The van der Waals surface area contributed by atoms with Gasteiger partial charge in [-0.2, -0.15) is 0 Å². The molecule has 2 rings (SSSR count). The minimum Gasteiger partial charge on any atom is -0.340 e. The Balaban J connectivity index is 1.97. The molecule has 1 heterocycles. The first kappa shape index (κ1) is 18.0. The van der Waals surface area contributed by atoms with Crippen molar-refractivity contribution in [2.24, 2.45) is 5.92 Å². The van der Waals surface area contributed by atoms with E-state index in [0.29, 0.717) is 5.92 Å². The standard InChI is InChI=1S/C20H27N3O/c1-5-15(6-2)20(24)23-18-11-12-19(21-13-18)22-17-9-7-16(8-10-17)14(3)4/h7-15H,5-6H2,1-4H3,(H,21,22)(H,23,24). The molecule has 2 aromatic rings. The van der Waals surface area contributed by atoms with Crippen LogP contribution in [0.1, 0.15) is 52.0 Å². The number of rotatable bonds is 7. The highest BCUT2D eigenvalue weighted by Gasteiger charge is 2.14. The van der Waals surface area contributed by atoms with E-state index in [9.17, 15) is 4.79 Å². The predicted molar refractivity (Wildman–Crippen MR) is 101 cm³/mol. The molecule has 0 saturated heterocycles. The van der Waals surface area contributed by atoms with Crippen LogP contribution in [0.4, 0.5) is 17.2 Å². The lowest BCUT2D eigenvalue weighted by atomic mass is 10.0. The van der Waals surface area contributed by atoms with E-state index in [2.05, 4.69) is 53.7 Å². The number of anilines is 3.